The van der Waals surface area contributed by atoms with E-state index in [1.54, 1.807) is 13.8 Å². The maximum atomic E-state index is 12.6. The number of carboxylic acids is 2. The molecule has 4 atom stereocenters. The van der Waals surface area contributed by atoms with Crippen LogP contribution in [0.25, 0.3) is 0 Å². The Labute approximate surface area is 231 Å². The van der Waals surface area contributed by atoms with Gasteiger partial charge in [0.2, 0.25) is 4.75 Å². The van der Waals surface area contributed by atoms with Crippen molar-refractivity contribution in [1.29, 1.82) is 0 Å². The monoisotopic (exact) mass is 490 g/mol. The molecule has 0 saturated heterocycles. The van der Waals surface area contributed by atoms with Gasteiger partial charge in [-0.2, -0.15) is 8.42 Å². The summed E-state index contributed by atoms with van der Waals surface area (Å²) in [5.74, 6) is -6.56. The van der Waals surface area contributed by atoms with Crippen LogP contribution in [-0.4, -0.2) is 91.3 Å². The van der Waals surface area contributed by atoms with Gasteiger partial charge >= 0.3 is 63.3 Å². The summed E-state index contributed by atoms with van der Waals surface area (Å²) in [6, 6.07) is 0. The van der Waals surface area contributed by atoms with Crippen molar-refractivity contribution in [2.24, 2.45) is 17.8 Å². The third kappa shape index (κ3) is 9.33. The summed E-state index contributed by atoms with van der Waals surface area (Å²) < 4.78 is 32.7. The number of rotatable bonds is 18. The molecule has 0 fully saturated rings. The molecule has 0 rings (SSSR count). The summed E-state index contributed by atoms with van der Waals surface area (Å²) in [7, 11) is -5.19. The second-order valence-electron chi connectivity index (χ2n) is 8.36. The standard InChI is InChI=1S/C22H42O7S.K.H/c1-5-9-11-13-15-17(7-3)19(20(23)24)22(21(25)26,30(27,28)29)18(8-4)16-14-12-10-6-2;;/h17-19H,5-16H2,1-4H3,(H,23,24)(H,25,26)(H,27,28,29);;. The van der Waals surface area contributed by atoms with E-state index < -0.39 is 44.6 Å². The van der Waals surface area contributed by atoms with Gasteiger partial charge in [-0.15, -0.1) is 0 Å². The van der Waals surface area contributed by atoms with Crippen molar-refractivity contribution in [3.05, 3.63) is 0 Å². The van der Waals surface area contributed by atoms with Crippen molar-refractivity contribution < 1.29 is 32.8 Å². The van der Waals surface area contributed by atoms with E-state index in [0.717, 1.165) is 38.5 Å². The van der Waals surface area contributed by atoms with E-state index in [9.17, 15) is 32.8 Å². The number of carboxylic acid groups (broad SMARTS) is 2. The first-order valence-electron chi connectivity index (χ1n) is 11.5. The Morgan fingerprint density at radius 3 is 1.61 bits per heavy atom. The second kappa shape index (κ2) is 17.0. The molecule has 9 heteroatoms. The molecule has 31 heavy (non-hydrogen) atoms. The molecule has 0 aromatic rings. The molecule has 3 N–H and O–H groups in total. The fourth-order valence-corrected chi connectivity index (χ4v) is 6.30. The minimum atomic E-state index is -5.19. The van der Waals surface area contributed by atoms with Crippen molar-refractivity contribution in [1.82, 2.24) is 0 Å². The predicted molar refractivity (Wildman–Crippen MR) is 125 cm³/mol. The first kappa shape index (κ1) is 33.7. The zero-order valence-electron chi connectivity index (χ0n) is 19.1. The van der Waals surface area contributed by atoms with E-state index >= 15 is 0 Å². The Bertz CT molecular complexity index is 623. The zero-order valence-corrected chi connectivity index (χ0v) is 19.9. The molecular weight excluding hydrogens is 447 g/mol. The molecule has 0 heterocycles. The van der Waals surface area contributed by atoms with Crippen molar-refractivity contribution >= 4 is 73.4 Å². The van der Waals surface area contributed by atoms with Crippen LogP contribution in [0.15, 0.2) is 0 Å². The summed E-state index contributed by atoms with van der Waals surface area (Å²) in [4.78, 5) is 24.8. The molecule has 0 amide bonds. The summed E-state index contributed by atoms with van der Waals surface area (Å²) in [5.41, 5.74) is 0. The number of unbranched alkanes of at least 4 members (excludes halogenated alkanes) is 6. The third-order valence-corrected chi connectivity index (χ3v) is 8.03. The molecule has 0 spiro atoms. The molecule has 0 radical (unpaired) electrons. The average Bonchev–Trinajstić information content (AvgIpc) is 2.66. The van der Waals surface area contributed by atoms with Gasteiger partial charge in [-0.25, -0.2) is 0 Å². The van der Waals surface area contributed by atoms with E-state index in [2.05, 4.69) is 6.92 Å². The Balaban J connectivity index is 0. The van der Waals surface area contributed by atoms with Gasteiger partial charge in [0, 0.05) is 0 Å². The van der Waals surface area contributed by atoms with Crippen molar-refractivity contribution in [2.75, 3.05) is 0 Å². The average molecular weight is 491 g/mol. The van der Waals surface area contributed by atoms with Crippen LogP contribution in [0.3, 0.4) is 0 Å². The van der Waals surface area contributed by atoms with Crippen molar-refractivity contribution in [3.8, 4) is 0 Å². The normalized spacial score (nSPS) is 16.5. The maximum absolute atomic E-state index is 12.6. The Kier molecular flexibility index (Phi) is 18.5. The molecule has 0 bridgehead atoms. The van der Waals surface area contributed by atoms with Crippen LogP contribution < -0.4 is 0 Å². The van der Waals surface area contributed by atoms with Crippen LogP contribution in [0.4, 0.5) is 0 Å². The van der Waals surface area contributed by atoms with Gasteiger partial charge in [-0.05, 0) is 24.7 Å². The molecule has 0 saturated carbocycles. The number of hydrogen-bond acceptors (Lipinski definition) is 4. The predicted octanol–water partition coefficient (Wildman–Crippen LogP) is 4.74. The van der Waals surface area contributed by atoms with Crippen molar-refractivity contribution in [2.45, 2.75) is 109 Å². The zero-order chi connectivity index (χ0) is 23.4. The van der Waals surface area contributed by atoms with E-state index in [0.29, 0.717) is 25.7 Å². The first-order valence-corrected chi connectivity index (χ1v) is 12.9. The summed E-state index contributed by atoms with van der Waals surface area (Å²) in [5, 5.41) is 20.2. The second-order valence-corrected chi connectivity index (χ2v) is 9.99. The molecule has 4 unspecified atom stereocenters. The van der Waals surface area contributed by atoms with Crippen LogP contribution in [0.1, 0.15) is 105 Å². The Hall–Kier alpha value is 0.486. The van der Waals surface area contributed by atoms with Gasteiger partial charge in [-0.1, -0.05) is 91.9 Å². The number of hydrogen-bond donors (Lipinski definition) is 3. The minimum absolute atomic E-state index is 0. The fraction of sp³-hybridized carbons (Fsp3) is 0.909. The van der Waals surface area contributed by atoms with Gasteiger partial charge in [0.05, 0.1) is 5.92 Å². The quantitative estimate of drug-likeness (QED) is 0.144. The molecule has 0 aromatic carbocycles. The molecule has 0 aliphatic carbocycles. The summed E-state index contributed by atoms with van der Waals surface area (Å²) in [6.45, 7) is 7.49. The van der Waals surface area contributed by atoms with Crippen LogP contribution in [0.2, 0.25) is 0 Å². The van der Waals surface area contributed by atoms with Crippen LogP contribution >= 0.6 is 0 Å². The first-order chi connectivity index (χ1) is 14.1. The molecule has 0 aliphatic rings. The van der Waals surface area contributed by atoms with E-state index in [-0.39, 0.29) is 64.2 Å². The molecule has 7 nitrogen and oxygen atoms in total. The van der Waals surface area contributed by atoms with Gasteiger partial charge in [0.15, 0.2) is 0 Å². The molecule has 180 valence electrons. The van der Waals surface area contributed by atoms with Crippen molar-refractivity contribution in [3.63, 3.8) is 0 Å². The van der Waals surface area contributed by atoms with Gasteiger partial charge in [-0.3, -0.25) is 14.1 Å². The molecule has 0 aromatic heterocycles. The van der Waals surface area contributed by atoms with Gasteiger partial charge < -0.3 is 10.2 Å². The Morgan fingerprint density at radius 1 is 0.806 bits per heavy atom. The van der Waals surface area contributed by atoms with E-state index in [1.165, 1.54) is 0 Å². The summed E-state index contributed by atoms with van der Waals surface area (Å²) >= 11 is 0. The number of carbonyl (C=O) groups is 2. The molecule has 0 aliphatic heterocycles. The van der Waals surface area contributed by atoms with Crippen LogP contribution in [0.5, 0.6) is 0 Å². The number of aliphatic carboxylic acids is 2. The van der Waals surface area contributed by atoms with E-state index in [1.807, 2.05) is 6.92 Å². The van der Waals surface area contributed by atoms with Crippen LogP contribution in [-0.2, 0) is 19.7 Å². The SMILES string of the molecule is CCCCCCC(CC)C(C(=O)O)C(C(=O)O)(C(CC)CCCCCC)S(=O)(=O)O.[KH]. The van der Waals surface area contributed by atoms with Gasteiger partial charge in [0.25, 0.3) is 10.1 Å². The van der Waals surface area contributed by atoms with E-state index in [4.69, 9.17) is 0 Å². The Morgan fingerprint density at radius 2 is 1.29 bits per heavy atom. The fourth-order valence-electron chi connectivity index (χ4n) is 4.76. The molecular formula is C22H43KO7S. The topological polar surface area (TPSA) is 129 Å². The van der Waals surface area contributed by atoms with Gasteiger partial charge in [0.1, 0.15) is 0 Å². The summed E-state index contributed by atoms with van der Waals surface area (Å²) in [6.07, 6.45) is 8.01. The third-order valence-electron chi connectivity index (χ3n) is 6.42. The van der Waals surface area contributed by atoms with Crippen LogP contribution in [0, 0.1) is 17.8 Å².